The molecule has 20 heavy (non-hydrogen) atoms. The lowest BCUT2D eigenvalue weighted by molar-refractivity contribution is 0.414. The van der Waals surface area contributed by atoms with Crippen LogP contribution in [-0.2, 0) is 0 Å². The van der Waals surface area contributed by atoms with Gasteiger partial charge in [0.15, 0.2) is 0 Å². The van der Waals surface area contributed by atoms with E-state index in [0.29, 0.717) is 5.92 Å². The zero-order valence-corrected chi connectivity index (χ0v) is 12.2. The number of benzene rings is 2. The zero-order valence-electron chi connectivity index (χ0n) is 11.5. The number of rotatable bonds is 3. The standard InChI is InChI=1S/C17H16ClNO/c1-11(12-3-6-14(20-2)7-4-12)16-10-19-17-8-5-13(18)9-15(16)17/h3-11,19H,1-2H3. The van der Waals surface area contributed by atoms with E-state index in [9.17, 15) is 0 Å². The van der Waals surface area contributed by atoms with Gasteiger partial charge in [-0.3, -0.25) is 0 Å². The summed E-state index contributed by atoms with van der Waals surface area (Å²) in [6, 6.07) is 14.1. The number of nitrogens with one attached hydrogen (secondary N) is 1. The molecule has 0 aliphatic carbocycles. The van der Waals surface area contributed by atoms with E-state index < -0.39 is 0 Å². The van der Waals surface area contributed by atoms with E-state index in [1.165, 1.54) is 16.5 Å². The van der Waals surface area contributed by atoms with Crippen LogP contribution >= 0.6 is 11.6 Å². The molecule has 0 aliphatic rings. The molecule has 0 bridgehead atoms. The van der Waals surface area contributed by atoms with Gasteiger partial charge in [-0.25, -0.2) is 0 Å². The number of aromatic nitrogens is 1. The third-order valence-electron chi connectivity index (χ3n) is 3.76. The van der Waals surface area contributed by atoms with Crippen molar-refractivity contribution in [1.29, 1.82) is 0 Å². The van der Waals surface area contributed by atoms with Crippen molar-refractivity contribution in [2.45, 2.75) is 12.8 Å². The van der Waals surface area contributed by atoms with Crippen molar-refractivity contribution in [1.82, 2.24) is 4.98 Å². The molecule has 2 aromatic carbocycles. The second kappa shape index (κ2) is 5.22. The van der Waals surface area contributed by atoms with Crippen LogP contribution in [-0.4, -0.2) is 12.1 Å². The predicted molar refractivity (Wildman–Crippen MR) is 83.8 cm³/mol. The van der Waals surface area contributed by atoms with E-state index >= 15 is 0 Å². The van der Waals surface area contributed by atoms with Gasteiger partial charge in [0.05, 0.1) is 7.11 Å². The van der Waals surface area contributed by atoms with Gasteiger partial charge < -0.3 is 9.72 Å². The van der Waals surface area contributed by atoms with E-state index in [1.54, 1.807) is 7.11 Å². The van der Waals surface area contributed by atoms with E-state index in [-0.39, 0.29) is 0 Å². The topological polar surface area (TPSA) is 25.0 Å². The highest BCUT2D eigenvalue weighted by atomic mass is 35.5. The molecule has 0 amide bonds. The lowest BCUT2D eigenvalue weighted by Gasteiger charge is -2.12. The summed E-state index contributed by atoms with van der Waals surface area (Å²) in [4.78, 5) is 3.31. The number of ether oxygens (including phenoxy) is 1. The molecule has 0 radical (unpaired) electrons. The maximum atomic E-state index is 6.11. The fourth-order valence-electron chi connectivity index (χ4n) is 2.54. The van der Waals surface area contributed by atoms with Crippen LogP contribution in [0.5, 0.6) is 5.75 Å². The van der Waals surface area contributed by atoms with Crippen LogP contribution in [0, 0.1) is 0 Å². The summed E-state index contributed by atoms with van der Waals surface area (Å²) in [6.07, 6.45) is 2.07. The second-order valence-electron chi connectivity index (χ2n) is 4.93. The minimum atomic E-state index is 0.299. The van der Waals surface area contributed by atoms with Gasteiger partial charge >= 0.3 is 0 Å². The first-order valence-corrected chi connectivity index (χ1v) is 6.97. The fraction of sp³-hybridized carbons (Fsp3) is 0.176. The largest absolute Gasteiger partial charge is 0.497 e. The van der Waals surface area contributed by atoms with E-state index in [1.807, 2.05) is 30.3 Å². The number of halogens is 1. The van der Waals surface area contributed by atoms with Gasteiger partial charge in [0.1, 0.15) is 5.75 Å². The summed E-state index contributed by atoms with van der Waals surface area (Å²) in [6.45, 7) is 2.20. The molecule has 1 unspecified atom stereocenters. The maximum absolute atomic E-state index is 6.11. The van der Waals surface area contributed by atoms with Crippen LogP contribution in [0.25, 0.3) is 10.9 Å². The normalized spacial score (nSPS) is 12.6. The third-order valence-corrected chi connectivity index (χ3v) is 3.99. The zero-order chi connectivity index (χ0) is 14.1. The molecular formula is C17H16ClNO. The molecule has 0 fully saturated rings. The Kier molecular flexibility index (Phi) is 3.41. The Bertz CT molecular complexity index is 730. The maximum Gasteiger partial charge on any atom is 0.118 e. The first kappa shape index (κ1) is 13.1. The summed E-state index contributed by atoms with van der Waals surface area (Å²) < 4.78 is 5.20. The smallest absolute Gasteiger partial charge is 0.118 e. The molecule has 3 heteroatoms. The van der Waals surface area contributed by atoms with Crippen LogP contribution in [0.15, 0.2) is 48.7 Å². The van der Waals surface area contributed by atoms with Gasteiger partial charge in [0, 0.05) is 28.0 Å². The molecule has 3 rings (SSSR count). The highest BCUT2D eigenvalue weighted by Crippen LogP contribution is 2.32. The summed E-state index contributed by atoms with van der Waals surface area (Å²) in [5.41, 5.74) is 3.63. The molecule has 3 aromatic rings. The third kappa shape index (κ3) is 2.27. The average Bonchev–Trinajstić information content (AvgIpc) is 2.89. The molecular weight excluding hydrogens is 270 g/mol. The Morgan fingerprint density at radius 2 is 1.85 bits per heavy atom. The minimum Gasteiger partial charge on any atom is -0.497 e. The Labute approximate surface area is 123 Å². The molecule has 0 spiro atoms. The second-order valence-corrected chi connectivity index (χ2v) is 5.37. The van der Waals surface area contributed by atoms with Crippen LogP contribution in [0.1, 0.15) is 24.0 Å². The van der Waals surface area contributed by atoms with Gasteiger partial charge in [-0.1, -0.05) is 30.7 Å². The summed E-state index contributed by atoms with van der Waals surface area (Å²) >= 11 is 6.11. The van der Waals surface area contributed by atoms with Crippen molar-refractivity contribution in [3.8, 4) is 5.75 Å². The van der Waals surface area contributed by atoms with Gasteiger partial charge in [-0.05, 0) is 41.5 Å². The average molecular weight is 286 g/mol. The number of methoxy groups -OCH3 is 1. The van der Waals surface area contributed by atoms with Crippen molar-refractivity contribution >= 4 is 22.5 Å². The predicted octanol–water partition coefficient (Wildman–Crippen LogP) is 4.98. The molecule has 1 heterocycles. The van der Waals surface area contributed by atoms with Gasteiger partial charge in [0.2, 0.25) is 0 Å². The van der Waals surface area contributed by atoms with Crippen molar-refractivity contribution < 1.29 is 4.74 Å². The van der Waals surface area contributed by atoms with E-state index in [4.69, 9.17) is 16.3 Å². The summed E-state index contributed by atoms with van der Waals surface area (Å²) in [5, 5.41) is 1.95. The van der Waals surface area contributed by atoms with Gasteiger partial charge in [-0.2, -0.15) is 0 Å². The molecule has 0 aliphatic heterocycles. The monoisotopic (exact) mass is 285 g/mol. The lowest BCUT2D eigenvalue weighted by atomic mass is 9.93. The number of hydrogen-bond acceptors (Lipinski definition) is 1. The first-order valence-electron chi connectivity index (χ1n) is 6.59. The minimum absolute atomic E-state index is 0.299. The van der Waals surface area contributed by atoms with Crippen LogP contribution in [0.4, 0.5) is 0 Å². The quantitative estimate of drug-likeness (QED) is 0.721. The number of H-pyrrole nitrogens is 1. The lowest BCUT2D eigenvalue weighted by Crippen LogP contribution is -1.95. The van der Waals surface area contributed by atoms with E-state index in [0.717, 1.165) is 16.3 Å². The first-order chi connectivity index (χ1) is 9.69. The van der Waals surface area contributed by atoms with Crippen LogP contribution in [0.2, 0.25) is 5.02 Å². The molecule has 2 nitrogen and oxygen atoms in total. The summed E-state index contributed by atoms with van der Waals surface area (Å²) in [7, 11) is 1.68. The molecule has 0 saturated heterocycles. The van der Waals surface area contributed by atoms with E-state index in [2.05, 4.69) is 30.2 Å². The fourth-order valence-corrected chi connectivity index (χ4v) is 2.72. The SMILES string of the molecule is COc1ccc(C(C)c2c[nH]c3ccc(Cl)cc23)cc1. The Hall–Kier alpha value is -1.93. The Morgan fingerprint density at radius 1 is 1.10 bits per heavy atom. The van der Waals surface area contributed by atoms with Gasteiger partial charge in [-0.15, -0.1) is 0 Å². The van der Waals surface area contributed by atoms with Crippen molar-refractivity contribution in [3.05, 3.63) is 64.8 Å². The van der Waals surface area contributed by atoms with Gasteiger partial charge in [0.25, 0.3) is 0 Å². The van der Waals surface area contributed by atoms with Crippen molar-refractivity contribution in [2.75, 3.05) is 7.11 Å². The number of fused-ring (bicyclic) bond motifs is 1. The number of hydrogen-bond donors (Lipinski definition) is 1. The van der Waals surface area contributed by atoms with Crippen LogP contribution in [0.3, 0.4) is 0 Å². The molecule has 0 saturated carbocycles. The summed E-state index contributed by atoms with van der Waals surface area (Å²) in [5.74, 6) is 1.18. The number of aromatic amines is 1. The molecule has 102 valence electrons. The van der Waals surface area contributed by atoms with Crippen molar-refractivity contribution in [3.63, 3.8) is 0 Å². The molecule has 1 atom stereocenters. The Balaban J connectivity index is 2.02. The van der Waals surface area contributed by atoms with Crippen molar-refractivity contribution in [2.24, 2.45) is 0 Å². The molecule has 1 aromatic heterocycles. The molecule has 1 N–H and O–H groups in total. The van der Waals surface area contributed by atoms with Crippen LogP contribution < -0.4 is 4.74 Å². The highest BCUT2D eigenvalue weighted by Gasteiger charge is 2.13. The Morgan fingerprint density at radius 3 is 2.55 bits per heavy atom. The highest BCUT2D eigenvalue weighted by molar-refractivity contribution is 6.31.